The van der Waals surface area contributed by atoms with Crippen LogP contribution in [0.3, 0.4) is 0 Å². The van der Waals surface area contributed by atoms with E-state index in [0.717, 1.165) is 29.5 Å². The molecule has 7 nitrogen and oxygen atoms in total. The summed E-state index contributed by atoms with van der Waals surface area (Å²) in [5.74, 6) is 1.12. The zero-order chi connectivity index (χ0) is 23.7. The van der Waals surface area contributed by atoms with Gasteiger partial charge in [-0.1, -0.05) is 6.07 Å². The van der Waals surface area contributed by atoms with Gasteiger partial charge in [0.1, 0.15) is 29.1 Å². The third kappa shape index (κ3) is 4.16. The number of fused-ring (bicyclic) bond motifs is 1. The van der Waals surface area contributed by atoms with Crippen LogP contribution in [0.25, 0.3) is 33.7 Å². The molecule has 0 spiro atoms. The summed E-state index contributed by atoms with van der Waals surface area (Å²) in [6, 6.07) is 13.4. The minimum absolute atomic E-state index is 0.0253. The molecule has 0 unspecified atom stereocenters. The second-order valence-corrected chi connectivity index (χ2v) is 8.38. The number of hydrogen-bond acceptors (Lipinski definition) is 7. The molecule has 0 radical (unpaired) electrons. The van der Waals surface area contributed by atoms with Crippen LogP contribution in [0.1, 0.15) is 41.3 Å². The van der Waals surface area contributed by atoms with E-state index in [1.54, 1.807) is 12.4 Å². The Hall–Kier alpha value is -4.02. The van der Waals surface area contributed by atoms with Crippen molar-refractivity contribution in [3.63, 3.8) is 0 Å². The van der Waals surface area contributed by atoms with E-state index in [9.17, 15) is 10.1 Å². The third-order valence-electron chi connectivity index (χ3n) is 6.03. The van der Waals surface area contributed by atoms with Crippen LogP contribution in [-0.4, -0.2) is 35.1 Å². The van der Waals surface area contributed by atoms with E-state index in [1.165, 1.54) is 6.92 Å². The number of rotatable bonds is 5. The maximum absolute atomic E-state index is 11.7. The highest BCUT2D eigenvalue weighted by Crippen LogP contribution is 2.35. The summed E-state index contributed by atoms with van der Waals surface area (Å²) in [6.07, 6.45) is 4.97. The van der Waals surface area contributed by atoms with Crippen LogP contribution >= 0.6 is 0 Å². The SMILES string of the molecule is CC(=O)c1cnc(-c2cc3nccc(-c4ccc(OC5CCOCC5)c(C#N)c4)c3o2)cc1C. The number of aryl methyl sites for hydroxylation is 1. The molecule has 5 rings (SSSR count). The van der Waals surface area contributed by atoms with Crippen LogP contribution in [0.15, 0.2) is 53.2 Å². The lowest BCUT2D eigenvalue weighted by atomic mass is 10.0. The van der Waals surface area contributed by atoms with Crippen molar-refractivity contribution in [3.8, 4) is 34.4 Å². The number of nitrogens with zero attached hydrogens (tertiary/aromatic N) is 3. The number of carbonyl (C=O) groups excluding carboxylic acids is 1. The predicted octanol–water partition coefficient (Wildman–Crippen LogP) is 5.50. The molecule has 170 valence electrons. The summed E-state index contributed by atoms with van der Waals surface area (Å²) in [6.45, 7) is 4.75. The van der Waals surface area contributed by atoms with Gasteiger partial charge in [0.05, 0.1) is 18.8 Å². The van der Waals surface area contributed by atoms with Crippen LogP contribution in [0.5, 0.6) is 5.75 Å². The standard InChI is InChI=1S/C27H23N3O4/c1-16-11-23(30-15-22(16)17(2)31)26-13-24-27(34-26)21(5-8-29-24)18-3-4-25(19(12-18)14-28)33-20-6-9-32-10-7-20/h3-5,8,11-13,15,20H,6-7,9-10H2,1-2H3. The molecule has 1 aliphatic heterocycles. The summed E-state index contributed by atoms with van der Waals surface area (Å²) in [7, 11) is 0. The number of carbonyl (C=O) groups is 1. The molecule has 1 saturated heterocycles. The van der Waals surface area contributed by atoms with Gasteiger partial charge in [-0.25, -0.2) is 0 Å². The number of ether oxygens (including phenoxy) is 2. The van der Waals surface area contributed by atoms with Crippen LogP contribution in [0, 0.1) is 18.3 Å². The molecule has 1 aromatic carbocycles. The Morgan fingerprint density at radius 3 is 2.71 bits per heavy atom. The zero-order valence-corrected chi connectivity index (χ0v) is 19.0. The van der Waals surface area contributed by atoms with Crippen molar-refractivity contribution in [2.24, 2.45) is 0 Å². The summed E-state index contributed by atoms with van der Waals surface area (Å²) in [4.78, 5) is 20.6. The fourth-order valence-corrected chi connectivity index (χ4v) is 4.21. The largest absolute Gasteiger partial charge is 0.489 e. The van der Waals surface area contributed by atoms with Gasteiger partial charge in [-0.05, 0) is 49.2 Å². The zero-order valence-electron chi connectivity index (χ0n) is 19.0. The molecule has 1 fully saturated rings. The average Bonchev–Trinajstić information content (AvgIpc) is 3.29. The Balaban J connectivity index is 1.51. The van der Waals surface area contributed by atoms with Gasteiger partial charge in [-0.2, -0.15) is 5.26 Å². The van der Waals surface area contributed by atoms with Crippen molar-refractivity contribution >= 4 is 16.9 Å². The van der Waals surface area contributed by atoms with Crippen molar-refractivity contribution in [2.75, 3.05) is 13.2 Å². The molecular formula is C27H23N3O4. The molecule has 0 amide bonds. The number of nitriles is 1. The van der Waals surface area contributed by atoms with Gasteiger partial charge < -0.3 is 13.9 Å². The molecule has 7 heteroatoms. The molecule has 3 aromatic heterocycles. The summed E-state index contributed by atoms with van der Waals surface area (Å²) >= 11 is 0. The molecule has 0 bridgehead atoms. The quantitative estimate of drug-likeness (QED) is 0.368. The lowest BCUT2D eigenvalue weighted by Gasteiger charge is -2.23. The normalized spacial score (nSPS) is 14.1. The molecule has 0 atom stereocenters. The molecule has 4 aromatic rings. The van der Waals surface area contributed by atoms with Gasteiger partial charge >= 0.3 is 0 Å². The van der Waals surface area contributed by atoms with Gasteiger partial charge in [0.15, 0.2) is 17.1 Å². The summed E-state index contributed by atoms with van der Waals surface area (Å²) < 4.78 is 17.7. The first kappa shape index (κ1) is 21.8. The molecule has 0 saturated carbocycles. The first-order valence-corrected chi connectivity index (χ1v) is 11.2. The van der Waals surface area contributed by atoms with E-state index in [2.05, 4.69) is 16.0 Å². The fourth-order valence-electron chi connectivity index (χ4n) is 4.21. The van der Waals surface area contributed by atoms with Crippen LogP contribution < -0.4 is 4.74 Å². The minimum Gasteiger partial charge on any atom is -0.489 e. The first-order chi connectivity index (χ1) is 16.5. The first-order valence-electron chi connectivity index (χ1n) is 11.2. The number of pyridine rings is 2. The Bertz CT molecular complexity index is 1430. The van der Waals surface area contributed by atoms with Crippen molar-refractivity contribution in [2.45, 2.75) is 32.8 Å². The van der Waals surface area contributed by atoms with E-state index in [0.29, 0.717) is 52.6 Å². The number of furan rings is 1. The second kappa shape index (κ2) is 9.08. The second-order valence-electron chi connectivity index (χ2n) is 8.38. The number of benzene rings is 1. The van der Waals surface area contributed by atoms with Crippen molar-refractivity contribution in [1.29, 1.82) is 5.26 Å². The smallest absolute Gasteiger partial charge is 0.161 e. The number of hydrogen-bond donors (Lipinski definition) is 0. The van der Waals surface area contributed by atoms with Crippen LogP contribution in [-0.2, 0) is 4.74 Å². The van der Waals surface area contributed by atoms with E-state index in [4.69, 9.17) is 13.9 Å². The highest BCUT2D eigenvalue weighted by atomic mass is 16.5. The average molecular weight is 453 g/mol. The van der Waals surface area contributed by atoms with Crippen LogP contribution in [0.2, 0.25) is 0 Å². The maximum atomic E-state index is 11.7. The van der Waals surface area contributed by atoms with Gasteiger partial charge in [-0.15, -0.1) is 0 Å². The topological polar surface area (TPSA) is 98.2 Å². The Morgan fingerprint density at radius 2 is 1.97 bits per heavy atom. The van der Waals surface area contributed by atoms with Gasteiger partial charge in [0.2, 0.25) is 0 Å². The number of Topliss-reactive ketones (excluding diaryl/α,β-unsaturated/α-hetero) is 1. The van der Waals surface area contributed by atoms with E-state index >= 15 is 0 Å². The Labute approximate surface area is 197 Å². The Morgan fingerprint density at radius 1 is 1.15 bits per heavy atom. The highest BCUT2D eigenvalue weighted by Gasteiger charge is 2.19. The van der Waals surface area contributed by atoms with Gasteiger partial charge in [0.25, 0.3) is 0 Å². The number of aromatic nitrogens is 2. The van der Waals surface area contributed by atoms with E-state index in [1.807, 2.05) is 43.3 Å². The van der Waals surface area contributed by atoms with Crippen molar-refractivity contribution < 1.29 is 18.7 Å². The summed E-state index contributed by atoms with van der Waals surface area (Å²) in [5.41, 5.74) is 5.47. The monoisotopic (exact) mass is 453 g/mol. The predicted molar refractivity (Wildman–Crippen MR) is 127 cm³/mol. The molecule has 0 N–H and O–H groups in total. The lowest BCUT2D eigenvalue weighted by molar-refractivity contribution is 0.0254. The maximum Gasteiger partial charge on any atom is 0.161 e. The van der Waals surface area contributed by atoms with Crippen molar-refractivity contribution in [3.05, 3.63) is 65.5 Å². The van der Waals surface area contributed by atoms with Crippen LogP contribution in [0.4, 0.5) is 0 Å². The number of ketones is 1. The van der Waals surface area contributed by atoms with Crippen molar-refractivity contribution in [1.82, 2.24) is 9.97 Å². The summed E-state index contributed by atoms with van der Waals surface area (Å²) in [5, 5.41) is 9.75. The van der Waals surface area contributed by atoms with Gasteiger partial charge in [-0.3, -0.25) is 14.8 Å². The van der Waals surface area contributed by atoms with E-state index in [-0.39, 0.29) is 11.9 Å². The minimum atomic E-state index is -0.0253. The van der Waals surface area contributed by atoms with Gasteiger partial charge in [0, 0.05) is 42.4 Å². The third-order valence-corrected chi connectivity index (χ3v) is 6.03. The molecule has 4 heterocycles. The highest BCUT2D eigenvalue weighted by molar-refractivity contribution is 5.96. The lowest BCUT2D eigenvalue weighted by Crippen LogP contribution is -2.26. The molecule has 1 aliphatic rings. The Kier molecular flexibility index (Phi) is 5.83. The molecule has 34 heavy (non-hydrogen) atoms. The fraction of sp³-hybridized carbons (Fsp3) is 0.259. The molecule has 0 aliphatic carbocycles. The molecular weight excluding hydrogens is 430 g/mol. The van der Waals surface area contributed by atoms with E-state index < -0.39 is 0 Å².